The summed E-state index contributed by atoms with van der Waals surface area (Å²) in [6, 6.07) is 20.9. The van der Waals surface area contributed by atoms with Crippen LogP contribution >= 0.6 is 11.6 Å². The molecule has 0 saturated carbocycles. The van der Waals surface area contributed by atoms with E-state index in [4.69, 9.17) is 11.6 Å². The van der Waals surface area contributed by atoms with Crippen LogP contribution < -0.4 is 10.6 Å². The Morgan fingerprint density at radius 1 is 0.769 bits per heavy atom. The van der Waals surface area contributed by atoms with Crippen molar-refractivity contribution in [2.45, 2.75) is 6.92 Å². The van der Waals surface area contributed by atoms with E-state index in [0.717, 1.165) is 5.56 Å². The van der Waals surface area contributed by atoms with Crippen molar-refractivity contribution in [3.8, 4) is 0 Å². The number of rotatable bonds is 4. The molecule has 0 fully saturated rings. The maximum Gasteiger partial charge on any atom is 0.257 e. The highest BCUT2D eigenvalue weighted by Crippen LogP contribution is 2.19. The Kier molecular flexibility index (Phi) is 5.34. The van der Waals surface area contributed by atoms with Gasteiger partial charge in [-0.3, -0.25) is 9.59 Å². The van der Waals surface area contributed by atoms with Crippen LogP contribution in [0, 0.1) is 6.92 Å². The molecule has 0 bridgehead atoms. The van der Waals surface area contributed by atoms with Gasteiger partial charge in [-0.2, -0.15) is 0 Å². The summed E-state index contributed by atoms with van der Waals surface area (Å²) in [5.41, 5.74) is 3.09. The molecule has 130 valence electrons. The Morgan fingerprint density at radius 3 is 2.12 bits per heavy atom. The van der Waals surface area contributed by atoms with Crippen molar-refractivity contribution in [1.29, 1.82) is 0 Å². The molecule has 2 amide bonds. The van der Waals surface area contributed by atoms with Crippen LogP contribution in [-0.2, 0) is 0 Å². The number of carbonyl (C=O) groups excluding carboxylic acids is 2. The van der Waals surface area contributed by atoms with Gasteiger partial charge in [-0.15, -0.1) is 0 Å². The maximum absolute atomic E-state index is 12.6. The first-order valence-corrected chi connectivity index (χ1v) is 8.45. The van der Waals surface area contributed by atoms with E-state index in [2.05, 4.69) is 10.6 Å². The third-order valence-electron chi connectivity index (χ3n) is 3.84. The fourth-order valence-corrected chi connectivity index (χ4v) is 2.55. The summed E-state index contributed by atoms with van der Waals surface area (Å²) in [7, 11) is 0. The van der Waals surface area contributed by atoms with Crippen LogP contribution in [0.25, 0.3) is 0 Å². The molecule has 3 rings (SSSR count). The van der Waals surface area contributed by atoms with Gasteiger partial charge in [0.1, 0.15) is 0 Å². The first kappa shape index (κ1) is 17.7. The number of hydrogen-bond acceptors (Lipinski definition) is 2. The summed E-state index contributed by atoms with van der Waals surface area (Å²) < 4.78 is 0. The Bertz CT molecular complexity index is 935. The number of amides is 2. The molecule has 2 N–H and O–H groups in total. The number of nitrogens with one attached hydrogen (secondary N) is 2. The fraction of sp³-hybridized carbons (Fsp3) is 0.0476. The molecule has 0 aromatic heterocycles. The molecule has 4 nitrogen and oxygen atoms in total. The number of halogens is 1. The number of hydrogen-bond donors (Lipinski definition) is 2. The lowest BCUT2D eigenvalue weighted by molar-refractivity contribution is 0.102. The summed E-state index contributed by atoms with van der Waals surface area (Å²) in [6.07, 6.45) is 0. The van der Waals surface area contributed by atoms with Crippen molar-refractivity contribution < 1.29 is 9.59 Å². The van der Waals surface area contributed by atoms with Crippen LogP contribution in [0.2, 0.25) is 5.02 Å². The third-order valence-corrected chi connectivity index (χ3v) is 4.09. The smallest absolute Gasteiger partial charge is 0.257 e. The van der Waals surface area contributed by atoms with Crippen molar-refractivity contribution in [1.82, 2.24) is 0 Å². The van der Waals surface area contributed by atoms with Gasteiger partial charge in [0.15, 0.2) is 0 Å². The normalized spacial score (nSPS) is 10.2. The SMILES string of the molecule is Cc1ccc(NC(=O)c2ccccc2NC(=O)c2ccc(Cl)cc2)cc1. The molecule has 5 heteroatoms. The number of anilines is 2. The lowest BCUT2D eigenvalue weighted by Crippen LogP contribution is -2.18. The van der Waals surface area contributed by atoms with Crippen LogP contribution in [-0.4, -0.2) is 11.8 Å². The zero-order valence-electron chi connectivity index (χ0n) is 14.1. The van der Waals surface area contributed by atoms with Crippen LogP contribution in [0.4, 0.5) is 11.4 Å². The fourth-order valence-electron chi connectivity index (χ4n) is 2.42. The topological polar surface area (TPSA) is 58.2 Å². The van der Waals surface area contributed by atoms with E-state index < -0.39 is 0 Å². The third kappa shape index (κ3) is 4.29. The monoisotopic (exact) mass is 364 g/mol. The van der Waals surface area contributed by atoms with Gasteiger partial charge in [0.05, 0.1) is 11.3 Å². The van der Waals surface area contributed by atoms with Gasteiger partial charge in [0.2, 0.25) is 0 Å². The van der Waals surface area contributed by atoms with Gasteiger partial charge < -0.3 is 10.6 Å². The minimum Gasteiger partial charge on any atom is -0.322 e. The Hall–Kier alpha value is -3.11. The quantitative estimate of drug-likeness (QED) is 0.672. The molecule has 0 aliphatic heterocycles. The van der Waals surface area contributed by atoms with E-state index in [0.29, 0.717) is 27.5 Å². The molecule has 0 radical (unpaired) electrons. The molecular formula is C21H17ClN2O2. The lowest BCUT2D eigenvalue weighted by Gasteiger charge is -2.12. The lowest BCUT2D eigenvalue weighted by atomic mass is 10.1. The van der Waals surface area contributed by atoms with Gasteiger partial charge in [-0.05, 0) is 55.5 Å². The molecular weight excluding hydrogens is 348 g/mol. The predicted octanol–water partition coefficient (Wildman–Crippen LogP) is 5.15. The highest BCUT2D eigenvalue weighted by Gasteiger charge is 2.14. The van der Waals surface area contributed by atoms with E-state index in [1.54, 1.807) is 48.5 Å². The van der Waals surface area contributed by atoms with Crippen molar-refractivity contribution in [3.63, 3.8) is 0 Å². The molecule has 0 spiro atoms. The van der Waals surface area contributed by atoms with Crippen LogP contribution in [0.3, 0.4) is 0 Å². The average molecular weight is 365 g/mol. The van der Waals surface area contributed by atoms with Crippen molar-refractivity contribution >= 4 is 34.8 Å². The molecule has 3 aromatic carbocycles. The minimum absolute atomic E-state index is 0.291. The summed E-state index contributed by atoms with van der Waals surface area (Å²) >= 11 is 5.85. The summed E-state index contributed by atoms with van der Waals surface area (Å²) in [4.78, 5) is 25.0. The number of benzene rings is 3. The largest absolute Gasteiger partial charge is 0.322 e. The second kappa shape index (κ2) is 7.85. The van der Waals surface area contributed by atoms with Gasteiger partial charge in [-0.1, -0.05) is 41.4 Å². The molecule has 0 heterocycles. The molecule has 0 unspecified atom stereocenters. The van der Waals surface area contributed by atoms with Gasteiger partial charge in [0.25, 0.3) is 11.8 Å². The van der Waals surface area contributed by atoms with E-state index in [9.17, 15) is 9.59 Å². The Labute approximate surface area is 156 Å². The zero-order chi connectivity index (χ0) is 18.5. The molecule has 26 heavy (non-hydrogen) atoms. The molecule has 0 saturated heterocycles. The van der Waals surface area contributed by atoms with Crippen molar-refractivity contribution in [3.05, 3.63) is 94.5 Å². The standard InChI is InChI=1S/C21H17ClN2O2/c1-14-6-12-17(13-7-14)23-21(26)18-4-2-3-5-19(18)24-20(25)15-8-10-16(22)11-9-15/h2-13H,1H3,(H,23,26)(H,24,25). The Morgan fingerprint density at radius 2 is 1.42 bits per heavy atom. The molecule has 3 aromatic rings. The van der Waals surface area contributed by atoms with Crippen molar-refractivity contribution in [2.75, 3.05) is 10.6 Å². The van der Waals surface area contributed by atoms with Crippen molar-refractivity contribution in [2.24, 2.45) is 0 Å². The van der Waals surface area contributed by atoms with E-state index in [1.165, 1.54) is 0 Å². The molecule has 0 aliphatic rings. The first-order valence-electron chi connectivity index (χ1n) is 8.07. The number of aryl methyl sites for hydroxylation is 1. The van der Waals surface area contributed by atoms with Gasteiger partial charge >= 0.3 is 0 Å². The minimum atomic E-state index is -0.308. The highest BCUT2D eigenvalue weighted by molar-refractivity contribution is 6.30. The van der Waals surface area contributed by atoms with Crippen LogP contribution in [0.1, 0.15) is 26.3 Å². The molecule has 0 aliphatic carbocycles. The number of para-hydroxylation sites is 1. The van der Waals surface area contributed by atoms with E-state index in [-0.39, 0.29) is 11.8 Å². The van der Waals surface area contributed by atoms with Crippen LogP contribution in [0.15, 0.2) is 72.8 Å². The molecule has 0 atom stereocenters. The van der Waals surface area contributed by atoms with Gasteiger partial charge in [-0.25, -0.2) is 0 Å². The summed E-state index contributed by atoms with van der Waals surface area (Å²) in [6.45, 7) is 1.98. The van der Waals surface area contributed by atoms with Gasteiger partial charge in [0, 0.05) is 16.3 Å². The predicted molar refractivity (Wildman–Crippen MR) is 105 cm³/mol. The first-order chi connectivity index (χ1) is 12.5. The Balaban J connectivity index is 1.79. The summed E-state index contributed by atoms with van der Waals surface area (Å²) in [5, 5.41) is 6.17. The summed E-state index contributed by atoms with van der Waals surface area (Å²) in [5.74, 6) is -0.599. The second-order valence-electron chi connectivity index (χ2n) is 5.83. The van der Waals surface area contributed by atoms with E-state index in [1.807, 2.05) is 31.2 Å². The van der Waals surface area contributed by atoms with E-state index >= 15 is 0 Å². The average Bonchev–Trinajstić information content (AvgIpc) is 2.64. The highest BCUT2D eigenvalue weighted by atomic mass is 35.5. The second-order valence-corrected chi connectivity index (χ2v) is 6.26. The zero-order valence-corrected chi connectivity index (χ0v) is 14.9. The number of carbonyl (C=O) groups is 2. The van der Waals surface area contributed by atoms with Crippen LogP contribution in [0.5, 0.6) is 0 Å². The maximum atomic E-state index is 12.6.